The lowest BCUT2D eigenvalue weighted by Crippen LogP contribution is -2.48. The van der Waals surface area contributed by atoms with E-state index in [1.165, 1.54) is 0 Å². The fraction of sp³-hybridized carbons (Fsp3) is 0.312. The van der Waals surface area contributed by atoms with Gasteiger partial charge in [0.2, 0.25) is 0 Å². The Balaban J connectivity index is 1.83. The second kappa shape index (κ2) is 6.73. The summed E-state index contributed by atoms with van der Waals surface area (Å²) in [7, 11) is 0. The van der Waals surface area contributed by atoms with Gasteiger partial charge in [0, 0.05) is 10.6 Å². The lowest BCUT2D eigenvalue weighted by Gasteiger charge is -2.38. The SMILES string of the molecule is C[C@@H]1CO[C@H](c2ccccc2Cl)CN1C(=O)c1cc(Cl)c(Cl)[nH]1. The van der Waals surface area contributed by atoms with E-state index in [1.54, 1.807) is 11.0 Å². The lowest BCUT2D eigenvalue weighted by molar-refractivity contribution is -0.0487. The molecule has 0 bridgehead atoms. The van der Waals surface area contributed by atoms with Crippen LogP contribution in [0.3, 0.4) is 0 Å². The Morgan fingerprint density at radius 2 is 2.00 bits per heavy atom. The molecule has 1 N–H and O–H groups in total. The third-order valence-electron chi connectivity index (χ3n) is 3.90. The van der Waals surface area contributed by atoms with E-state index >= 15 is 0 Å². The summed E-state index contributed by atoms with van der Waals surface area (Å²) < 4.78 is 5.86. The van der Waals surface area contributed by atoms with Crippen LogP contribution in [0, 0.1) is 0 Å². The van der Waals surface area contributed by atoms with Gasteiger partial charge >= 0.3 is 0 Å². The number of amides is 1. The second-order valence-electron chi connectivity index (χ2n) is 5.49. The number of H-pyrrole nitrogens is 1. The quantitative estimate of drug-likeness (QED) is 0.837. The number of benzene rings is 1. The molecule has 0 aliphatic carbocycles. The van der Waals surface area contributed by atoms with Gasteiger partial charge in [-0.1, -0.05) is 53.0 Å². The van der Waals surface area contributed by atoms with Crippen LogP contribution in [0.2, 0.25) is 15.2 Å². The molecule has 2 atom stereocenters. The first-order valence-corrected chi connectivity index (χ1v) is 8.31. The van der Waals surface area contributed by atoms with Crippen molar-refractivity contribution in [3.8, 4) is 0 Å². The van der Waals surface area contributed by atoms with Crippen molar-refractivity contribution < 1.29 is 9.53 Å². The molecule has 1 aliphatic heterocycles. The second-order valence-corrected chi connectivity index (χ2v) is 6.69. The maximum atomic E-state index is 12.7. The molecule has 0 unspecified atom stereocenters. The van der Waals surface area contributed by atoms with E-state index in [-0.39, 0.29) is 23.2 Å². The Labute approximate surface area is 149 Å². The summed E-state index contributed by atoms with van der Waals surface area (Å²) in [5.74, 6) is -0.161. The number of aromatic amines is 1. The molecule has 122 valence electrons. The molecule has 3 rings (SSSR count). The highest BCUT2D eigenvalue weighted by Crippen LogP contribution is 2.31. The molecule has 0 saturated carbocycles. The van der Waals surface area contributed by atoms with Gasteiger partial charge in [0.15, 0.2) is 0 Å². The predicted molar refractivity (Wildman–Crippen MR) is 91.5 cm³/mol. The Morgan fingerprint density at radius 3 is 2.65 bits per heavy atom. The van der Waals surface area contributed by atoms with Crippen molar-refractivity contribution in [1.82, 2.24) is 9.88 Å². The van der Waals surface area contributed by atoms with Crippen LogP contribution < -0.4 is 0 Å². The number of halogens is 3. The number of aromatic nitrogens is 1. The molecular formula is C16H15Cl3N2O2. The van der Waals surface area contributed by atoms with E-state index in [1.807, 2.05) is 31.2 Å². The predicted octanol–water partition coefficient (Wildman–Crippen LogP) is 4.58. The molecule has 0 radical (unpaired) electrons. The Hall–Kier alpha value is -1.20. The summed E-state index contributed by atoms with van der Waals surface area (Å²) in [5.41, 5.74) is 1.24. The van der Waals surface area contributed by atoms with Crippen LogP contribution in [-0.2, 0) is 4.74 Å². The zero-order valence-electron chi connectivity index (χ0n) is 12.4. The first-order chi connectivity index (χ1) is 11.0. The van der Waals surface area contributed by atoms with E-state index in [4.69, 9.17) is 39.5 Å². The van der Waals surface area contributed by atoms with Crippen LogP contribution in [0.15, 0.2) is 30.3 Å². The number of hydrogen-bond donors (Lipinski definition) is 1. The molecule has 1 fully saturated rings. The van der Waals surface area contributed by atoms with Gasteiger partial charge < -0.3 is 14.6 Å². The number of rotatable bonds is 2. The number of nitrogens with one attached hydrogen (secondary N) is 1. The van der Waals surface area contributed by atoms with E-state index in [2.05, 4.69) is 4.98 Å². The Kier molecular flexibility index (Phi) is 4.87. The van der Waals surface area contributed by atoms with E-state index in [0.717, 1.165) is 5.56 Å². The number of carbonyl (C=O) groups excluding carboxylic acids is 1. The van der Waals surface area contributed by atoms with Crippen LogP contribution in [0.1, 0.15) is 29.1 Å². The first-order valence-electron chi connectivity index (χ1n) is 7.18. The minimum absolute atomic E-state index is 0.0536. The summed E-state index contributed by atoms with van der Waals surface area (Å²) >= 11 is 18.0. The molecule has 0 spiro atoms. The van der Waals surface area contributed by atoms with Gasteiger partial charge in [0.1, 0.15) is 17.0 Å². The smallest absolute Gasteiger partial charge is 0.270 e. The van der Waals surface area contributed by atoms with Crippen LogP contribution in [-0.4, -0.2) is 35.0 Å². The molecule has 4 nitrogen and oxygen atoms in total. The molecule has 2 aromatic rings. The fourth-order valence-electron chi connectivity index (χ4n) is 2.64. The molecular weight excluding hydrogens is 359 g/mol. The first kappa shape index (κ1) is 16.7. The third kappa shape index (κ3) is 3.36. The lowest BCUT2D eigenvalue weighted by atomic mass is 10.1. The number of carbonyl (C=O) groups is 1. The van der Waals surface area contributed by atoms with Crippen LogP contribution >= 0.6 is 34.8 Å². The highest BCUT2D eigenvalue weighted by atomic mass is 35.5. The van der Waals surface area contributed by atoms with Gasteiger partial charge in [-0.05, 0) is 19.1 Å². The van der Waals surface area contributed by atoms with Gasteiger partial charge in [-0.3, -0.25) is 4.79 Å². The average molecular weight is 374 g/mol. The molecule has 1 saturated heterocycles. The number of hydrogen-bond acceptors (Lipinski definition) is 2. The molecule has 2 heterocycles. The molecule has 1 aromatic carbocycles. The summed E-state index contributed by atoms with van der Waals surface area (Å²) in [5, 5.41) is 1.22. The average Bonchev–Trinajstić information content (AvgIpc) is 2.87. The largest absolute Gasteiger partial charge is 0.369 e. The van der Waals surface area contributed by atoms with E-state index < -0.39 is 0 Å². The topological polar surface area (TPSA) is 45.3 Å². The molecule has 1 aromatic heterocycles. The zero-order chi connectivity index (χ0) is 16.6. The van der Waals surface area contributed by atoms with Crippen molar-refractivity contribution in [2.45, 2.75) is 19.1 Å². The van der Waals surface area contributed by atoms with Gasteiger partial charge in [-0.15, -0.1) is 0 Å². The van der Waals surface area contributed by atoms with Crippen LogP contribution in [0.4, 0.5) is 0 Å². The number of morpholine rings is 1. The summed E-state index contributed by atoms with van der Waals surface area (Å²) in [4.78, 5) is 17.3. The minimum Gasteiger partial charge on any atom is -0.369 e. The summed E-state index contributed by atoms with van der Waals surface area (Å²) in [6.45, 7) is 2.79. The zero-order valence-corrected chi connectivity index (χ0v) is 14.6. The maximum Gasteiger partial charge on any atom is 0.270 e. The van der Waals surface area contributed by atoms with Crippen molar-refractivity contribution in [2.24, 2.45) is 0 Å². The normalized spacial score (nSPS) is 21.5. The van der Waals surface area contributed by atoms with Crippen LogP contribution in [0.25, 0.3) is 0 Å². The standard InChI is InChI=1S/C16H15Cl3N2O2/c1-9-8-23-14(10-4-2-3-5-11(10)17)7-21(9)16(22)13-6-12(18)15(19)20-13/h2-6,9,14,20H,7-8H2,1H3/t9-,14+/m1/s1. The van der Waals surface area contributed by atoms with Gasteiger partial charge in [0.25, 0.3) is 5.91 Å². The van der Waals surface area contributed by atoms with Gasteiger partial charge in [-0.2, -0.15) is 0 Å². The monoisotopic (exact) mass is 372 g/mol. The summed E-state index contributed by atoms with van der Waals surface area (Å²) in [6.07, 6.45) is -0.259. The van der Waals surface area contributed by atoms with Gasteiger partial charge in [-0.25, -0.2) is 0 Å². The Morgan fingerprint density at radius 1 is 1.26 bits per heavy atom. The number of nitrogens with zero attached hydrogens (tertiary/aromatic N) is 1. The third-order valence-corrected chi connectivity index (χ3v) is 4.94. The molecule has 23 heavy (non-hydrogen) atoms. The molecule has 7 heteroatoms. The van der Waals surface area contributed by atoms with Crippen molar-refractivity contribution in [3.05, 3.63) is 56.8 Å². The van der Waals surface area contributed by atoms with Gasteiger partial charge in [0.05, 0.1) is 24.2 Å². The fourth-order valence-corrected chi connectivity index (χ4v) is 3.21. The van der Waals surface area contributed by atoms with Crippen molar-refractivity contribution in [2.75, 3.05) is 13.2 Å². The number of ether oxygens (including phenoxy) is 1. The van der Waals surface area contributed by atoms with E-state index in [0.29, 0.717) is 28.9 Å². The molecule has 1 aliphatic rings. The van der Waals surface area contributed by atoms with Crippen LogP contribution in [0.5, 0.6) is 0 Å². The minimum atomic E-state index is -0.259. The van der Waals surface area contributed by atoms with Crippen molar-refractivity contribution in [1.29, 1.82) is 0 Å². The van der Waals surface area contributed by atoms with Crippen molar-refractivity contribution in [3.63, 3.8) is 0 Å². The highest BCUT2D eigenvalue weighted by molar-refractivity contribution is 6.41. The highest BCUT2D eigenvalue weighted by Gasteiger charge is 2.32. The maximum absolute atomic E-state index is 12.7. The summed E-state index contributed by atoms with van der Waals surface area (Å²) in [6, 6.07) is 8.98. The van der Waals surface area contributed by atoms with Crippen molar-refractivity contribution >= 4 is 40.7 Å². The Bertz CT molecular complexity index is 712. The van der Waals surface area contributed by atoms with E-state index in [9.17, 15) is 4.79 Å². The molecule has 1 amide bonds.